The van der Waals surface area contributed by atoms with Gasteiger partial charge in [0.05, 0.1) is 22.5 Å². The zero-order chi connectivity index (χ0) is 23.9. The number of nitrogens with zero attached hydrogens (tertiary/aromatic N) is 5. The van der Waals surface area contributed by atoms with Gasteiger partial charge in [-0.2, -0.15) is 10.2 Å². The largest absolute Gasteiger partial charge is 0.306 e. The smallest absolute Gasteiger partial charge is 0.262 e. The minimum atomic E-state index is -3.32. The van der Waals surface area contributed by atoms with Crippen molar-refractivity contribution < 1.29 is 13.2 Å². The lowest BCUT2D eigenvalue weighted by molar-refractivity contribution is 0.102. The van der Waals surface area contributed by atoms with E-state index in [0.717, 1.165) is 6.26 Å². The lowest BCUT2D eigenvalue weighted by Gasteiger charge is -2.08. The number of halogens is 1. The van der Waals surface area contributed by atoms with Gasteiger partial charge >= 0.3 is 0 Å². The Morgan fingerprint density at radius 2 is 1.79 bits per heavy atom. The lowest BCUT2D eigenvalue weighted by atomic mass is 10.1. The number of carbonyl (C=O) groups excluding carboxylic acids is 1. The van der Waals surface area contributed by atoms with Gasteiger partial charge < -0.3 is 5.32 Å². The molecule has 11 heteroatoms. The molecule has 3 aromatic heterocycles. The number of rotatable bonds is 5. The fourth-order valence-corrected chi connectivity index (χ4v) is 4.19. The number of hydrogen-bond acceptors (Lipinski definition) is 6. The van der Waals surface area contributed by atoms with Crippen LogP contribution in [0.25, 0.3) is 22.6 Å². The molecule has 0 aliphatic rings. The standard InChI is InChI=1S/C23H17ClN6O3S/c1-34(32,33)18-9-3-15(4-10-18)20-13-21(30(28-20)17-7-5-16(24)6-8-17)27-23(31)19-14-26-29-12-2-11-25-22(19)29/h2-14H,1H3,(H,27,31). The van der Waals surface area contributed by atoms with Crippen molar-refractivity contribution in [2.24, 2.45) is 0 Å². The SMILES string of the molecule is CS(=O)(=O)c1ccc(-c2cc(NC(=O)c3cnn4cccnc34)n(-c3ccc(Cl)cc3)n2)cc1. The van der Waals surface area contributed by atoms with E-state index in [1.807, 2.05) is 0 Å². The van der Waals surface area contributed by atoms with Crippen molar-refractivity contribution in [1.29, 1.82) is 0 Å². The number of nitrogens with one attached hydrogen (secondary N) is 1. The van der Waals surface area contributed by atoms with Gasteiger partial charge in [-0.3, -0.25) is 4.79 Å². The van der Waals surface area contributed by atoms with E-state index in [2.05, 4.69) is 20.5 Å². The molecule has 0 saturated heterocycles. The number of amides is 1. The highest BCUT2D eigenvalue weighted by molar-refractivity contribution is 7.90. The van der Waals surface area contributed by atoms with Gasteiger partial charge in [-0.1, -0.05) is 23.7 Å². The monoisotopic (exact) mass is 492 g/mol. The second-order valence-corrected chi connectivity index (χ2v) is 9.95. The zero-order valence-electron chi connectivity index (χ0n) is 17.8. The first-order valence-electron chi connectivity index (χ1n) is 10.1. The Balaban J connectivity index is 1.55. The Labute approximate surface area is 199 Å². The van der Waals surface area contributed by atoms with E-state index in [4.69, 9.17) is 11.6 Å². The highest BCUT2D eigenvalue weighted by atomic mass is 35.5. The van der Waals surface area contributed by atoms with Crippen molar-refractivity contribution in [2.45, 2.75) is 4.90 Å². The fourth-order valence-electron chi connectivity index (χ4n) is 3.43. The van der Waals surface area contributed by atoms with Crippen molar-refractivity contribution in [2.75, 3.05) is 11.6 Å². The molecule has 0 unspecified atom stereocenters. The van der Waals surface area contributed by atoms with Crippen LogP contribution < -0.4 is 5.32 Å². The second kappa shape index (κ2) is 8.40. The van der Waals surface area contributed by atoms with E-state index in [1.54, 1.807) is 65.6 Å². The van der Waals surface area contributed by atoms with Gasteiger partial charge in [-0.05, 0) is 42.5 Å². The highest BCUT2D eigenvalue weighted by Crippen LogP contribution is 2.27. The summed E-state index contributed by atoms with van der Waals surface area (Å²) in [4.78, 5) is 17.5. The molecule has 0 atom stereocenters. The molecule has 34 heavy (non-hydrogen) atoms. The minimum absolute atomic E-state index is 0.211. The van der Waals surface area contributed by atoms with E-state index in [0.29, 0.717) is 39.0 Å². The molecule has 5 rings (SSSR count). The first kappa shape index (κ1) is 21.8. The Hall–Kier alpha value is -4.02. The molecular weight excluding hydrogens is 476 g/mol. The van der Waals surface area contributed by atoms with Gasteiger partial charge in [0.1, 0.15) is 11.4 Å². The van der Waals surface area contributed by atoms with E-state index in [-0.39, 0.29) is 4.90 Å². The van der Waals surface area contributed by atoms with Crippen molar-refractivity contribution in [1.82, 2.24) is 24.4 Å². The van der Waals surface area contributed by atoms with Crippen molar-refractivity contribution in [3.63, 3.8) is 0 Å². The minimum Gasteiger partial charge on any atom is -0.306 e. The maximum Gasteiger partial charge on any atom is 0.262 e. The number of carbonyl (C=O) groups is 1. The first-order valence-corrected chi connectivity index (χ1v) is 12.3. The van der Waals surface area contributed by atoms with Crippen LogP contribution in [0.3, 0.4) is 0 Å². The number of fused-ring (bicyclic) bond motifs is 1. The molecule has 3 heterocycles. The van der Waals surface area contributed by atoms with E-state index < -0.39 is 15.7 Å². The molecule has 2 aromatic carbocycles. The summed E-state index contributed by atoms with van der Waals surface area (Å²) in [6, 6.07) is 16.8. The second-order valence-electron chi connectivity index (χ2n) is 7.50. The van der Waals surface area contributed by atoms with Gasteiger partial charge in [0.2, 0.25) is 0 Å². The molecule has 170 valence electrons. The van der Waals surface area contributed by atoms with E-state index in [9.17, 15) is 13.2 Å². The summed E-state index contributed by atoms with van der Waals surface area (Å²) < 4.78 is 26.7. The van der Waals surface area contributed by atoms with Crippen LogP contribution in [0.15, 0.2) is 84.1 Å². The predicted molar refractivity (Wildman–Crippen MR) is 128 cm³/mol. The van der Waals surface area contributed by atoms with Crippen molar-refractivity contribution in [3.8, 4) is 16.9 Å². The topological polar surface area (TPSA) is 111 Å². The van der Waals surface area contributed by atoms with Crippen LogP contribution in [0.1, 0.15) is 10.4 Å². The van der Waals surface area contributed by atoms with Crippen molar-refractivity contribution >= 4 is 38.8 Å². The molecule has 0 aliphatic carbocycles. The number of benzene rings is 2. The average molecular weight is 493 g/mol. The molecule has 1 N–H and O–H groups in total. The molecule has 0 aliphatic heterocycles. The van der Waals surface area contributed by atoms with Gasteiger partial charge in [-0.25, -0.2) is 22.6 Å². The molecule has 0 radical (unpaired) electrons. The van der Waals surface area contributed by atoms with E-state index in [1.165, 1.54) is 22.8 Å². The van der Waals surface area contributed by atoms with Crippen LogP contribution in [0, 0.1) is 0 Å². The maximum absolute atomic E-state index is 13.1. The van der Waals surface area contributed by atoms with Gasteiger partial charge in [0, 0.05) is 35.3 Å². The molecule has 1 amide bonds. The number of hydrogen-bond donors (Lipinski definition) is 1. The number of aromatic nitrogens is 5. The summed E-state index contributed by atoms with van der Waals surface area (Å²) in [6.45, 7) is 0. The van der Waals surface area contributed by atoms with Gasteiger partial charge in [0.15, 0.2) is 15.5 Å². The predicted octanol–water partition coefficient (Wildman–Crippen LogP) is 3.89. The summed E-state index contributed by atoms with van der Waals surface area (Å²) in [5.74, 6) is 0.00702. The Kier molecular flexibility index (Phi) is 5.39. The Bertz CT molecular complexity index is 1620. The van der Waals surface area contributed by atoms with Crippen LogP contribution in [-0.4, -0.2) is 45.0 Å². The summed E-state index contributed by atoms with van der Waals surface area (Å²) in [5, 5.41) is 12.3. The van der Waals surface area contributed by atoms with Crippen LogP contribution in [0.4, 0.5) is 5.82 Å². The van der Waals surface area contributed by atoms with Crippen LogP contribution in [-0.2, 0) is 9.84 Å². The van der Waals surface area contributed by atoms with Crippen LogP contribution in [0.2, 0.25) is 5.02 Å². The van der Waals surface area contributed by atoms with Crippen LogP contribution in [0.5, 0.6) is 0 Å². The zero-order valence-corrected chi connectivity index (χ0v) is 19.3. The number of anilines is 1. The first-order chi connectivity index (χ1) is 16.3. The molecule has 9 nitrogen and oxygen atoms in total. The molecular formula is C23H17ClN6O3S. The molecule has 5 aromatic rings. The third-order valence-corrected chi connectivity index (χ3v) is 6.50. The van der Waals surface area contributed by atoms with E-state index >= 15 is 0 Å². The normalized spacial score (nSPS) is 11.6. The Morgan fingerprint density at radius 3 is 2.50 bits per heavy atom. The maximum atomic E-state index is 13.1. The molecule has 0 saturated carbocycles. The molecule has 0 bridgehead atoms. The van der Waals surface area contributed by atoms with Crippen molar-refractivity contribution in [3.05, 3.63) is 89.8 Å². The third-order valence-electron chi connectivity index (χ3n) is 5.12. The lowest BCUT2D eigenvalue weighted by Crippen LogP contribution is -2.15. The highest BCUT2D eigenvalue weighted by Gasteiger charge is 2.19. The summed E-state index contributed by atoms with van der Waals surface area (Å²) in [5.41, 5.74) is 2.64. The average Bonchev–Trinajstić information content (AvgIpc) is 3.44. The van der Waals surface area contributed by atoms with Gasteiger partial charge in [-0.15, -0.1) is 0 Å². The summed E-state index contributed by atoms with van der Waals surface area (Å²) in [6.07, 6.45) is 5.89. The fraction of sp³-hybridized carbons (Fsp3) is 0.0435. The molecule has 0 fully saturated rings. The summed E-state index contributed by atoms with van der Waals surface area (Å²) in [7, 11) is -3.32. The Morgan fingerprint density at radius 1 is 1.06 bits per heavy atom. The van der Waals surface area contributed by atoms with Crippen LogP contribution >= 0.6 is 11.6 Å². The third kappa shape index (κ3) is 4.16. The summed E-state index contributed by atoms with van der Waals surface area (Å²) >= 11 is 6.03. The quantitative estimate of drug-likeness (QED) is 0.398. The van der Waals surface area contributed by atoms with Gasteiger partial charge in [0.25, 0.3) is 5.91 Å². The molecule has 0 spiro atoms. The number of sulfone groups is 1.